The summed E-state index contributed by atoms with van der Waals surface area (Å²) < 4.78 is 4.87. The van der Waals surface area contributed by atoms with E-state index in [1.807, 2.05) is 5.38 Å². The van der Waals surface area contributed by atoms with Crippen LogP contribution in [0.25, 0.3) is 0 Å². The number of nitrogens with zero attached hydrogens (tertiary/aromatic N) is 1. The number of carboxylic acid groups (broad SMARTS) is 1. The number of hydrogen-bond donors (Lipinski definition) is 2. The number of nitrogens with one attached hydrogen (secondary N) is 1. The van der Waals surface area contributed by atoms with Crippen molar-refractivity contribution in [2.75, 3.05) is 19.0 Å². The Kier molecular flexibility index (Phi) is 7.06. The van der Waals surface area contributed by atoms with Crippen LogP contribution in [-0.4, -0.2) is 35.7 Å². The van der Waals surface area contributed by atoms with Gasteiger partial charge in [0.05, 0.1) is 5.69 Å². The highest BCUT2D eigenvalue weighted by atomic mass is 32.1. The van der Waals surface area contributed by atoms with Gasteiger partial charge in [0.2, 0.25) is 5.91 Å². The second kappa shape index (κ2) is 8.60. The molecular weight excluding hydrogens is 268 g/mol. The molecule has 0 fully saturated rings. The van der Waals surface area contributed by atoms with E-state index in [9.17, 15) is 9.59 Å². The Hall–Kier alpha value is -1.47. The summed E-state index contributed by atoms with van der Waals surface area (Å²) in [4.78, 5) is 26.1. The molecule has 0 atom stereocenters. The van der Waals surface area contributed by atoms with Crippen molar-refractivity contribution in [1.29, 1.82) is 0 Å². The van der Waals surface area contributed by atoms with Crippen LogP contribution in [0.5, 0.6) is 0 Å². The molecule has 0 aliphatic rings. The first kappa shape index (κ1) is 15.6. The molecule has 0 bridgehead atoms. The summed E-state index contributed by atoms with van der Waals surface area (Å²) >= 11 is 1.35. The first-order valence-electron chi connectivity index (χ1n) is 6.07. The fourth-order valence-electron chi connectivity index (χ4n) is 1.46. The summed E-state index contributed by atoms with van der Waals surface area (Å²) in [5, 5.41) is 13.7. The zero-order valence-corrected chi connectivity index (χ0v) is 11.7. The molecule has 0 spiro atoms. The van der Waals surface area contributed by atoms with Gasteiger partial charge in [-0.1, -0.05) is 0 Å². The Balaban J connectivity index is 2.29. The van der Waals surface area contributed by atoms with Crippen molar-refractivity contribution in [2.24, 2.45) is 0 Å². The van der Waals surface area contributed by atoms with Crippen molar-refractivity contribution < 1.29 is 19.4 Å². The van der Waals surface area contributed by atoms with Crippen LogP contribution < -0.4 is 5.32 Å². The van der Waals surface area contributed by atoms with E-state index in [4.69, 9.17) is 9.84 Å². The molecule has 0 saturated carbocycles. The first-order valence-corrected chi connectivity index (χ1v) is 6.94. The number of hydrogen-bond acceptors (Lipinski definition) is 5. The Morgan fingerprint density at radius 2 is 2.21 bits per heavy atom. The highest BCUT2D eigenvalue weighted by molar-refractivity contribution is 7.13. The number of amides is 1. The molecule has 0 radical (unpaired) electrons. The van der Waals surface area contributed by atoms with Gasteiger partial charge in [0, 0.05) is 31.9 Å². The van der Waals surface area contributed by atoms with Crippen molar-refractivity contribution in [3.63, 3.8) is 0 Å². The van der Waals surface area contributed by atoms with Gasteiger partial charge in [-0.2, -0.15) is 0 Å². The lowest BCUT2D eigenvalue weighted by Gasteiger charge is -2.00. The Morgan fingerprint density at radius 3 is 2.89 bits per heavy atom. The normalized spacial score (nSPS) is 10.4. The number of rotatable bonds is 9. The highest BCUT2D eigenvalue weighted by Crippen LogP contribution is 2.17. The molecule has 6 nitrogen and oxygen atoms in total. The van der Waals surface area contributed by atoms with Crippen LogP contribution >= 0.6 is 11.3 Å². The van der Waals surface area contributed by atoms with Gasteiger partial charge in [-0.3, -0.25) is 9.59 Å². The molecule has 106 valence electrons. The molecule has 0 aromatic carbocycles. The molecular formula is C12H18N2O4S. The lowest BCUT2D eigenvalue weighted by Crippen LogP contribution is -2.11. The number of aromatic nitrogens is 1. The topological polar surface area (TPSA) is 88.5 Å². The predicted octanol–water partition coefficient (Wildman–Crippen LogP) is 1.92. The third-order valence-electron chi connectivity index (χ3n) is 2.37. The van der Waals surface area contributed by atoms with Crippen molar-refractivity contribution in [1.82, 2.24) is 4.98 Å². The molecule has 7 heteroatoms. The third-order valence-corrected chi connectivity index (χ3v) is 3.18. The summed E-state index contributed by atoms with van der Waals surface area (Å²) in [5.41, 5.74) is 0.818. The van der Waals surface area contributed by atoms with Gasteiger partial charge in [0.15, 0.2) is 5.13 Å². The Bertz CT molecular complexity index is 420. The molecule has 1 rings (SSSR count). The maximum absolute atomic E-state index is 11.5. The summed E-state index contributed by atoms with van der Waals surface area (Å²) in [7, 11) is 1.60. The minimum atomic E-state index is -0.804. The lowest BCUT2D eigenvalue weighted by atomic mass is 10.2. The molecule has 1 aromatic rings. The molecule has 1 aromatic heterocycles. The fourth-order valence-corrected chi connectivity index (χ4v) is 2.22. The second-order valence-corrected chi connectivity index (χ2v) is 4.89. The lowest BCUT2D eigenvalue weighted by molar-refractivity contribution is -0.137. The van der Waals surface area contributed by atoms with Crippen LogP contribution in [0.3, 0.4) is 0 Å². The van der Waals surface area contributed by atoms with E-state index in [0.29, 0.717) is 37.4 Å². The van der Waals surface area contributed by atoms with E-state index >= 15 is 0 Å². The summed E-state index contributed by atoms with van der Waals surface area (Å²) in [6.45, 7) is 0.561. The number of ether oxygens (including phenoxy) is 1. The van der Waals surface area contributed by atoms with Crippen LogP contribution in [0.2, 0.25) is 0 Å². The third kappa shape index (κ3) is 6.88. The van der Waals surface area contributed by atoms with E-state index in [1.165, 1.54) is 11.3 Å². The monoisotopic (exact) mass is 286 g/mol. The van der Waals surface area contributed by atoms with Gasteiger partial charge < -0.3 is 15.2 Å². The highest BCUT2D eigenvalue weighted by Gasteiger charge is 2.07. The van der Waals surface area contributed by atoms with E-state index < -0.39 is 5.97 Å². The summed E-state index contributed by atoms with van der Waals surface area (Å²) in [6.07, 6.45) is 2.39. The zero-order chi connectivity index (χ0) is 14.1. The van der Waals surface area contributed by atoms with E-state index in [2.05, 4.69) is 10.3 Å². The van der Waals surface area contributed by atoms with Crippen LogP contribution in [0.1, 0.15) is 31.4 Å². The number of anilines is 1. The van der Waals surface area contributed by atoms with E-state index in [-0.39, 0.29) is 12.3 Å². The maximum Gasteiger partial charge on any atom is 0.303 e. The van der Waals surface area contributed by atoms with Crippen LogP contribution in [-0.2, 0) is 20.7 Å². The van der Waals surface area contributed by atoms with Crippen molar-refractivity contribution in [3.05, 3.63) is 11.1 Å². The molecule has 0 saturated heterocycles. The number of aliphatic carboxylic acids is 1. The minimum absolute atomic E-state index is 0.0801. The van der Waals surface area contributed by atoms with E-state index in [1.54, 1.807) is 7.11 Å². The molecule has 1 heterocycles. The summed E-state index contributed by atoms with van der Waals surface area (Å²) in [6, 6.07) is 0. The molecule has 19 heavy (non-hydrogen) atoms. The SMILES string of the molecule is COCCCC(=O)Nc1nc(CCCC(=O)O)cs1. The number of carbonyl (C=O) groups excluding carboxylic acids is 1. The predicted molar refractivity (Wildman–Crippen MR) is 72.4 cm³/mol. The fraction of sp³-hybridized carbons (Fsp3) is 0.583. The smallest absolute Gasteiger partial charge is 0.303 e. The van der Waals surface area contributed by atoms with Gasteiger partial charge in [0.1, 0.15) is 0 Å². The number of methoxy groups -OCH3 is 1. The maximum atomic E-state index is 11.5. The molecule has 1 amide bonds. The average Bonchev–Trinajstić information content (AvgIpc) is 2.76. The zero-order valence-electron chi connectivity index (χ0n) is 10.8. The number of carboxylic acids is 1. The summed E-state index contributed by atoms with van der Waals surface area (Å²) in [5.74, 6) is -0.884. The van der Waals surface area contributed by atoms with Crippen molar-refractivity contribution in [2.45, 2.75) is 32.1 Å². The minimum Gasteiger partial charge on any atom is -0.481 e. The number of aryl methyl sites for hydroxylation is 1. The average molecular weight is 286 g/mol. The number of thiazole rings is 1. The van der Waals surface area contributed by atoms with Crippen LogP contribution in [0.4, 0.5) is 5.13 Å². The van der Waals surface area contributed by atoms with Gasteiger partial charge in [-0.15, -0.1) is 11.3 Å². The second-order valence-electron chi connectivity index (χ2n) is 4.04. The van der Waals surface area contributed by atoms with Crippen molar-refractivity contribution >= 4 is 28.3 Å². The quantitative estimate of drug-likeness (QED) is 0.677. The number of carbonyl (C=O) groups is 2. The van der Waals surface area contributed by atoms with Gasteiger partial charge in [-0.05, 0) is 19.3 Å². The first-order chi connectivity index (χ1) is 9.11. The largest absolute Gasteiger partial charge is 0.481 e. The Labute approximate surface area is 115 Å². The van der Waals surface area contributed by atoms with Gasteiger partial charge in [0.25, 0.3) is 0 Å². The van der Waals surface area contributed by atoms with Crippen LogP contribution in [0, 0.1) is 0 Å². The van der Waals surface area contributed by atoms with Gasteiger partial charge in [-0.25, -0.2) is 4.98 Å². The van der Waals surface area contributed by atoms with Crippen molar-refractivity contribution in [3.8, 4) is 0 Å². The molecule has 2 N–H and O–H groups in total. The Morgan fingerprint density at radius 1 is 1.42 bits per heavy atom. The van der Waals surface area contributed by atoms with Gasteiger partial charge >= 0.3 is 5.97 Å². The van der Waals surface area contributed by atoms with Crippen LogP contribution in [0.15, 0.2) is 5.38 Å². The standard InChI is InChI=1S/C12H18N2O4S/c1-18-7-3-5-10(15)14-12-13-9(8-19-12)4-2-6-11(16)17/h8H,2-7H2,1H3,(H,16,17)(H,13,14,15). The molecule has 0 aliphatic heterocycles. The molecule has 0 unspecified atom stereocenters. The molecule has 0 aliphatic carbocycles. The van der Waals surface area contributed by atoms with E-state index in [0.717, 1.165) is 5.69 Å².